The number of aliphatic hydroxyl groups is 1. The SMILES string of the molecule is COc1cccc(OCC(O)CNC(=O)c2cc(=O)[nH]c3ccccc23)c1. The number of para-hydroxylation sites is 1. The number of H-pyrrole nitrogens is 1. The molecule has 1 aromatic heterocycles. The van der Waals surface area contributed by atoms with Crippen LogP contribution in [0.15, 0.2) is 59.4 Å². The molecule has 1 heterocycles. The first-order valence-electron chi connectivity index (χ1n) is 8.42. The Morgan fingerprint density at radius 3 is 2.74 bits per heavy atom. The van der Waals surface area contributed by atoms with Crippen molar-refractivity contribution in [2.75, 3.05) is 20.3 Å². The van der Waals surface area contributed by atoms with Crippen LogP contribution in [0.5, 0.6) is 11.5 Å². The Morgan fingerprint density at radius 2 is 1.93 bits per heavy atom. The number of methoxy groups -OCH3 is 1. The molecule has 0 aliphatic rings. The first-order chi connectivity index (χ1) is 13.1. The normalized spacial score (nSPS) is 11.8. The van der Waals surface area contributed by atoms with Crippen LogP contribution in [0.25, 0.3) is 10.9 Å². The number of hydrogen-bond acceptors (Lipinski definition) is 5. The lowest BCUT2D eigenvalue weighted by molar-refractivity contribution is 0.0844. The van der Waals surface area contributed by atoms with Gasteiger partial charge in [0.25, 0.3) is 5.91 Å². The molecule has 0 fully saturated rings. The van der Waals surface area contributed by atoms with E-state index in [1.54, 1.807) is 55.6 Å². The van der Waals surface area contributed by atoms with E-state index in [1.807, 2.05) is 0 Å². The summed E-state index contributed by atoms with van der Waals surface area (Å²) >= 11 is 0. The summed E-state index contributed by atoms with van der Waals surface area (Å²) in [5.74, 6) is 0.773. The highest BCUT2D eigenvalue weighted by Gasteiger charge is 2.13. The third-order valence-corrected chi connectivity index (χ3v) is 3.98. The molecule has 0 spiro atoms. The lowest BCUT2D eigenvalue weighted by Gasteiger charge is -2.14. The van der Waals surface area contributed by atoms with Gasteiger partial charge in [-0.05, 0) is 18.2 Å². The number of aromatic nitrogens is 1. The van der Waals surface area contributed by atoms with Crippen LogP contribution in [0, 0.1) is 0 Å². The van der Waals surface area contributed by atoms with Gasteiger partial charge >= 0.3 is 0 Å². The van der Waals surface area contributed by atoms with Crippen molar-refractivity contribution in [1.29, 1.82) is 0 Å². The van der Waals surface area contributed by atoms with Gasteiger partial charge in [-0.15, -0.1) is 0 Å². The Hall–Kier alpha value is -3.32. The number of aromatic amines is 1. The zero-order valence-electron chi connectivity index (χ0n) is 14.8. The van der Waals surface area contributed by atoms with E-state index in [4.69, 9.17) is 9.47 Å². The first-order valence-corrected chi connectivity index (χ1v) is 8.42. The zero-order valence-corrected chi connectivity index (χ0v) is 14.8. The molecular weight excluding hydrogens is 348 g/mol. The summed E-state index contributed by atoms with van der Waals surface area (Å²) < 4.78 is 10.6. The van der Waals surface area contributed by atoms with Crippen molar-refractivity contribution in [3.05, 3.63) is 70.5 Å². The molecule has 0 radical (unpaired) electrons. The Balaban J connectivity index is 1.59. The number of fused-ring (bicyclic) bond motifs is 1. The second kappa shape index (κ2) is 8.37. The summed E-state index contributed by atoms with van der Waals surface area (Å²) in [4.78, 5) is 26.9. The van der Waals surface area contributed by atoms with E-state index >= 15 is 0 Å². The van der Waals surface area contributed by atoms with Gasteiger partial charge in [-0.1, -0.05) is 24.3 Å². The van der Waals surface area contributed by atoms with Crippen LogP contribution in [0.2, 0.25) is 0 Å². The molecule has 0 aliphatic carbocycles. The molecule has 27 heavy (non-hydrogen) atoms. The Kier molecular flexibility index (Phi) is 5.73. The fourth-order valence-corrected chi connectivity index (χ4v) is 2.64. The number of nitrogens with one attached hydrogen (secondary N) is 2. The molecule has 7 heteroatoms. The molecule has 0 saturated heterocycles. The maximum Gasteiger partial charge on any atom is 0.252 e. The average molecular weight is 368 g/mol. The van der Waals surface area contributed by atoms with Crippen molar-refractivity contribution in [2.45, 2.75) is 6.10 Å². The van der Waals surface area contributed by atoms with Gasteiger partial charge in [0.2, 0.25) is 5.56 Å². The molecule has 1 atom stereocenters. The Morgan fingerprint density at radius 1 is 1.15 bits per heavy atom. The van der Waals surface area contributed by atoms with E-state index < -0.39 is 12.0 Å². The molecule has 3 aromatic rings. The lowest BCUT2D eigenvalue weighted by atomic mass is 10.1. The van der Waals surface area contributed by atoms with Crippen molar-refractivity contribution in [3.63, 3.8) is 0 Å². The largest absolute Gasteiger partial charge is 0.497 e. The number of benzene rings is 2. The summed E-state index contributed by atoms with van der Waals surface area (Å²) in [6, 6.07) is 15.3. The minimum Gasteiger partial charge on any atom is -0.497 e. The van der Waals surface area contributed by atoms with Crippen LogP contribution in [0.1, 0.15) is 10.4 Å². The Labute approximate surface area is 155 Å². The summed E-state index contributed by atoms with van der Waals surface area (Å²) in [6.45, 7) is -0.00645. The van der Waals surface area contributed by atoms with Crippen molar-refractivity contribution in [1.82, 2.24) is 10.3 Å². The highest BCUT2D eigenvalue weighted by Crippen LogP contribution is 2.19. The second-order valence-corrected chi connectivity index (χ2v) is 5.95. The molecule has 1 amide bonds. The van der Waals surface area contributed by atoms with Crippen molar-refractivity contribution >= 4 is 16.8 Å². The quantitative estimate of drug-likeness (QED) is 0.589. The fourth-order valence-electron chi connectivity index (χ4n) is 2.64. The van der Waals surface area contributed by atoms with Crippen molar-refractivity contribution < 1.29 is 19.4 Å². The van der Waals surface area contributed by atoms with E-state index in [0.29, 0.717) is 22.4 Å². The number of hydrogen-bond donors (Lipinski definition) is 3. The van der Waals surface area contributed by atoms with Crippen LogP contribution in [-0.2, 0) is 0 Å². The van der Waals surface area contributed by atoms with Gasteiger partial charge in [0, 0.05) is 29.6 Å². The lowest BCUT2D eigenvalue weighted by Crippen LogP contribution is -2.35. The highest BCUT2D eigenvalue weighted by atomic mass is 16.5. The molecule has 0 saturated carbocycles. The molecule has 3 N–H and O–H groups in total. The van der Waals surface area contributed by atoms with Gasteiger partial charge in [0.1, 0.15) is 24.2 Å². The van der Waals surface area contributed by atoms with Crippen LogP contribution in [-0.4, -0.2) is 42.4 Å². The third-order valence-electron chi connectivity index (χ3n) is 3.98. The summed E-state index contributed by atoms with van der Waals surface area (Å²) in [5, 5.41) is 13.3. The summed E-state index contributed by atoms with van der Waals surface area (Å²) in [7, 11) is 1.56. The monoisotopic (exact) mass is 368 g/mol. The van der Waals surface area contributed by atoms with E-state index in [2.05, 4.69) is 10.3 Å². The summed E-state index contributed by atoms with van der Waals surface area (Å²) in [6.07, 6.45) is -0.909. The maximum atomic E-state index is 12.4. The first kappa shape index (κ1) is 18.5. The highest BCUT2D eigenvalue weighted by molar-refractivity contribution is 6.05. The van der Waals surface area contributed by atoms with Crippen molar-refractivity contribution in [3.8, 4) is 11.5 Å². The second-order valence-electron chi connectivity index (χ2n) is 5.95. The minimum absolute atomic E-state index is 0.00354. The average Bonchev–Trinajstić information content (AvgIpc) is 2.69. The van der Waals surface area contributed by atoms with Gasteiger partial charge < -0.3 is 24.9 Å². The number of aliphatic hydroxyl groups excluding tert-OH is 1. The van der Waals surface area contributed by atoms with Gasteiger partial charge in [-0.2, -0.15) is 0 Å². The van der Waals surface area contributed by atoms with E-state index in [1.165, 1.54) is 6.07 Å². The molecule has 140 valence electrons. The molecule has 3 rings (SSSR count). The molecule has 0 bridgehead atoms. The zero-order chi connectivity index (χ0) is 19.2. The van der Waals surface area contributed by atoms with Gasteiger partial charge in [-0.3, -0.25) is 9.59 Å². The number of amides is 1. The van der Waals surface area contributed by atoms with E-state index in [-0.39, 0.29) is 24.3 Å². The number of ether oxygens (including phenoxy) is 2. The minimum atomic E-state index is -0.909. The van der Waals surface area contributed by atoms with Gasteiger partial charge in [-0.25, -0.2) is 0 Å². The van der Waals surface area contributed by atoms with E-state index in [0.717, 1.165) is 0 Å². The number of carbonyl (C=O) groups excluding carboxylic acids is 1. The molecule has 0 aliphatic heterocycles. The number of rotatable bonds is 7. The van der Waals surface area contributed by atoms with Crippen molar-refractivity contribution in [2.24, 2.45) is 0 Å². The fraction of sp³-hybridized carbons (Fsp3) is 0.200. The smallest absolute Gasteiger partial charge is 0.252 e. The predicted molar refractivity (Wildman–Crippen MR) is 101 cm³/mol. The van der Waals surface area contributed by atoms with Crippen LogP contribution < -0.4 is 20.3 Å². The van der Waals surface area contributed by atoms with Crippen LogP contribution >= 0.6 is 0 Å². The maximum absolute atomic E-state index is 12.4. The summed E-state index contributed by atoms with van der Waals surface area (Å²) in [5.41, 5.74) is 0.480. The number of carbonyl (C=O) groups is 1. The topological polar surface area (TPSA) is 101 Å². The molecule has 2 aromatic carbocycles. The van der Waals surface area contributed by atoms with Crippen LogP contribution in [0.4, 0.5) is 0 Å². The molecular formula is C20H20N2O5. The standard InChI is InChI=1S/C20H20N2O5/c1-26-14-5-4-6-15(9-14)27-12-13(23)11-21-20(25)17-10-19(24)22-18-8-3-2-7-16(17)18/h2-10,13,23H,11-12H2,1H3,(H,21,25)(H,22,24). The van der Waals surface area contributed by atoms with E-state index in [9.17, 15) is 14.7 Å². The van der Waals surface area contributed by atoms with Gasteiger partial charge in [0.15, 0.2) is 0 Å². The molecule has 7 nitrogen and oxygen atoms in total. The predicted octanol–water partition coefficient (Wildman–Crippen LogP) is 1.71. The molecule has 1 unspecified atom stereocenters. The van der Waals surface area contributed by atoms with Gasteiger partial charge in [0.05, 0.1) is 12.7 Å². The van der Waals surface area contributed by atoms with Crippen LogP contribution in [0.3, 0.4) is 0 Å². The number of pyridine rings is 1. The third kappa shape index (κ3) is 4.65. The Bertz CT molecular complexity index is 999.